The predicted molar refractivity (Wildman–Crippen MR) is 237 cm³/mol. The van der Waals surface area contributed by atoms with Crippen molar-refractivity contribution in [1.82, 2.24) is 4.90 Å². The van der Waals surface area contributed by atoms with Crippen LogP contribution in [0.25, 0.3) is 0 Å². The highest BCUT2D eigenvalue weighted by Gasteiger charge is 2.63. The third-order valence-electron chi connectivity index (χ3n) is 16.3. The zero-order valence-corrected chi connectivity index (χ0v) is 40.2. The maximum absolute atomic E-state index is 14.7. The molecule has 352 valence electrons. The molecule has 11 heteroatoms. The minimum atomic E-state index is -1.36. The number of amides is 1. The van der Waals surface area contributed by atoms with Crippen LogP contribution >= 0.6 is 0 Å². The summed E-state index contributed by atoms with van der Waals surface area (Å²) in [7, 11) is 0. The maximum atomic E-state index is 14.7. The molecule has 5 aliphatic heterocycles. The number of aliphatic hydroxyl groups is 3. The highest BCUT2D eigenvalue weighted by atomic mass is 16.8. The molecule has 4 fully saturated rings. The fourth-order valence-corrected chi connectivity index (χ4v) is 11.8. The van der Waals surface area contributed by atoms with Crippen LogP contribution in [0.5, 0.6) is 0 Å². The lowest BCUT2D eigenvalue weighted by Gasteiger charge is -2.54. The van der Waals surface area contributed by atoms with Crippen molar-refractivity contribution < 1.29 is 48.6 Å². The molecule has 18 atom stereocenters. The molecular formula is C50H87NO10. The number of unbranched alkanes of at least 4 members (excludes halogenated alkanes) is 2. The molecule has 0 aromatic heterocycles. The Kier molecular flexibility index (Phi) is 17.2. The van der Waals surface area contributed by atoms with Gasteiger partial charge in [0.15, 0.2) is 5.79 Å². The molecule has 61 heavy (non-hydrogen) atoms. The van der Waals surface area contributed by atoms with Crippen LogP contribution in [0.1, 0.15) is 173 Å². The van der Waals surface area contributed by atoms with Crippen LogP contribution in [0.15, 0.2) is 12.2 Å². The molecule has 0 aromatic rings. The van der Waals surface area contributed by atoms with Gasteiger partial charge in [-0.1, -0.05) is 82.1 Å². The summed E-state index contributed by atoms with van der Waals surface area (Å²) >= 11 is 0. The Morgan fingerprint density at radius 2 is 1.49 bits per heavy atom. The van der Waals surface area contributed by atoms with Crippen molar-refractivity contribution in [2.75, 3.05) is 13.1 Å². The van der Waals surface area contributed by atoms with E-state index in [-0.39, 0.29) is 65.7 Å². The Labute approximate surface area is 369 Å². The van der Waals surface area contributed by atoms with Crippen LogP contribution in [0.3, 0.4) is 0 Å². The molecule has 4 saturated heterocycles. The van der Waals surface area contributed by atoms with Crippen LogP contribution in [-0.2, 0) is 33.3 Å². The fraction of sp³-hybridized carbons (Fsp3) is 0.920. The molecule has 2 spiro atoms. The summed E-state index contributed by atoms with van der Waals surface area (Å²) in [4.78, 5) is 30.8. The van der Waals surface area contributed by atoms with Crippen molar-refractivity contribution in [2.24, 2.45) is 41.4 Å². The molecule has 11 nitrogen and oxygen atoms in total. The molecule has 5 rings (SSSR count). The van der Waals surface area contributed by atoms with E-state index in [1.807, 2.05) is 47.6 Å². The number of nitrogens with zero attached hydrogens (tertiary/aromatic N) is 1. The van der Waals surface area contributed by atoms with Gasteiger partial charge in [-0.3, -0.25) is 9.59 Å². The minimum absolute atomic E-state index is 0.0282. The molecule has 5 heterocycles. The third kappa shape index (κ3) is 10.3. The van der Waals surface area contributed by atoms with Crippen molar-refractivity contribution >= 4 is 11.7 Å². The Bertz CT molecular complexity index is 1470. The quantitative estimate of drug-likeness (QED) is 0.115. The van der Waals surface area contributed by atoms with E-state index in [1.165, 1.54) is 0 Å². The first-order valence-electron chi connectivity index (χ1n) is 24.8. The standard InChI is InChI=1S/C50H87NO10/c1-13-18-28-51(29-19-14-2)46(55)37(15-3)39-21-20-31(6)44(58-39)35(10)42(53)34(9)43(54)38(16-4)45-32(7)30-33(8)49(59-45)25-22-40(52)50(61-49)27-26-47(12,60-50)41-23-24-48(56,17-5)36(11)57-41/h22,25,31-42,44-45,52-53,56H,13-21,23-24,26-30H2,1-12H3/t31-,32+,33-,34-,35-,36+,37-,38+,39+,40-,41-,42+,44+,45?,47+,48-,49+,50+/m1/s1. The molecular weight excluding hydrogens is 775 g/mol. The summed E-state index contributed by atoms with van der Waals surface area (Å²) in [5.41, 5.74) is -1.62. The molecule has 1 amide bonds. The van der Waals surface area contributed by atoms with Gasteiger partial charge in [0.2, 0.25) is 11.7 Å². The monoisotopic (exact) mass is 862 g/mol. The van der Waals surface area contributed by atoms with Crippen LogP contribution < -0.4 is 0 Å². The summed E-state index contributed by atoms with van der Waals surface area (Å²) < 4.78 is 34.2. The summed E-state index contributed by atoms with van der Waals surface area (Å²) in [6.45, 7) is 26.1. The van der Waals surface area contributed by atoms with E-state index in [4.69, 9.17) is 23.7 Å². The number of hydrogen-bond donors (Lipinski definition) is 3. The first-order valence-corrected chi connectivity index (χ1v) is 24.8. The van der Waals surface area contributed by atoms with Gasteiger partial charge >= 0.3 is 0 Å². The Morgan fingerprint density at radius 3 is 2.08 bits per heavy atom. The molecule has 0 saturated carbocycles. The number of hydrogen-bond acceptors (Lipinski definition) is 10. The van der Waals surface area contributed by atoms with Gasteiger partial charge in [0, 0.05) is 43.2 Å². The number of ether oxygens (including phenoxy) is 5. The van der Waals surface area contributed by atoms with Crippen LogP contribution in [-0.4, -0.2) is 111 Å². The van der Waals surface area contributed by atoms with Gasteiger partial charge in [-0.25, -0.2) is 0 Å². The molecule has 1 unspecified atom stereocenters. The Balaban J connectivity index is 1.29. The first kappa shape index (κ1) is 50.6. The van der Waals surface area contributed by atoms with Gasteiger partial charge < -0.3 is 43.9 Å². The van der Waals surface area contributed by atoms with Gasteiger partial charge in [-0.15, -0.1) is 0 Å². The second-order valence-corrected chi connectivity index (χ2v) is 20.6. The van der Waals surface area contributed by atoms with E-state index >= 15 is 0 Å². The van der Waals surface area contributed by atoms with Crippen molar-refractivity contribution in [1.29, 1.82) is 0 Å². The van der Waals surface area contributed by atoms with Crippen molar-refractivity contribution in [3.8, 4) is 0 Å². The fourth-order valence-electron chi connectivity index (χ4n) is 11.8. The highest BCUT2D eigenvalue weighted by Crippen LogP contribution is 2.54. The van der Waals surface area contributed by atoms with E-state index in [1.54, 1.807) is 6.08 Å². The van der Waals surface area contributed by atoms with E-state index in [9.17, 15) is 24.9 Å². The Morgan fingerprint density at radius 1 is 0.836 bits per heavy atom. The highest BCUT2D eigenvalue weighted by molar-refractivity contribution is 5.84. The summed E-state index contributed by atoms with van der Waals surface area (Å²) in [6, 6.07) is 0. The van der Waals surface area contributed by atoms with E-state index in [0.29, 0.717) is 44.9 Å². The van der Waals surface area contributed by atoms with Crippen molar-refractivity contribution in [3.05, 3.63) is 12.2 Å². The average molecular weight is 862 g/mol. The van der Waals surface area contributed by atoms with E-state index < -0.39 is 52.9 Å². The largest absolute Gasteiger partial charge is 0.392 e. The molecule has 0 bridgehead atoms. The van der Waals surface area contributed by atoms with Crippen LogP contribution in [0, 0.1) is 41.4 Å². The summed E-state index contributed by atoms with van der Waals surface area (Å²) in [6.07, 6.45) is 10.5. The van der Waals surface area contributed by atoms with Crippen molar-refractivity contribution in [2.45, 2.75) is 238 Å². The van der Waals surface area contributed by atoms with Crippen LogP contribution in [0.4, 0.5) is 0 Å². The number of carbonyl (C=O) groups excluding carboxylic acids is 2. The zero-order chi connectivity index (χ0) is 45.1. The number of rotatable bonds is 18. The van der Waals surface area contributed by atoms with Gasteiger partial charge in [0.1, 0.15) is 11.9 Å². The SMILES string of the molecule is CCCCN(CCCC)C(=O)[C@H](CC)[C@@H]1CC[C@@H](C)[C@@H]([C@H](C)[C@@H](O)[C@@H](C)C(=O)[C@H](CC)C2O[C@]3(C=C[C@@H](O)[C@]4(CC[C@@](C)([C@H]5CC[C@](O)(CC)[C@H](C)O5)O4)O3)[C@H](C)C[C@@H]2C)O1. The maximum Gasteiger partial charge on any atom is 0.228 e. The lowest BCUT2D eigenvalue weighted by Crippen LogP contribution is -2.63. The summed E-state index contributed by atoms with van der Waals surface area (Å²) in [5, 5.41) is 34.7. The second-order valence-electron chi connectivity index (χ2n) is 20.6. The van der Waals surface area contributed by atoms with Crippen LogP contribution in [0.2, 0.25) is 0 Å². The minimum Gasteiger partial charge on any atom is -0.392 e. The van der Waals surface area contributed by atoms with Crippen molar-refractivity contribution in [3.63, 3.8) is 0 Å². The van der Waals surface area contributed by atoms with Gasteiger partial charge in [-0.2, -0.15) is 0 Å². The normalized spacial score (nSPS) is 41.7. The number of aliphatic hydroxyl groups excluding tert-OH is 2. The molecule has 3 N–H and O–H groups in total. The molecule has 5 aliphatic rings. The third-order valence-corrected chi connectivity index (χ3v) is 16.3. The van der Waals surface area contributed by atoms with Gasteiger partial charge in [-0.05, 0) is 108 Å². The lowest BCUT2D eigenvalue weighted by molar-refractivity contribution is -0.409. The number of Topliss-reactive ketones (excluding diaryl/α,β-unsaturated/α-hetero) is 1. The first-order chi connectivity index (χ1) is 28.8. The Hall–Kier alpha value is -1.44. The predicted octanol–water partition coefficient (Wildman–Crippen LogP) is 8.53. The lowest BCUT2D eigenvalue weighted by atomic mass is 9.72. The van der Waals surface area contributed by atoms with E-state index in [2.05, 4.69) is 46.4 Å². The average Bonchev–Trinajstić information content (AvgIpc) is 3.59. The molecule has 0 aliphatic carbocycles. The number of ketones is 1. The molecule has 0 radical (unpaired) electrons. The number of carbonyl (C=O) groups is 2. The second kappa shape index (κ2) is 20.8. The molecule has 0 aromatic carbocycles. The topological polar surface area (TPSA) is 144 Å². The zero-order valence-electron chi connectivity index (χ0n) is 40.2. The smallest absolute Gasteiger partial charge is 0.228 e. The van der Waals surface area contributed by atoms with Gasteiger partial charge in [0.05, 0.1) is 53.7 Å². The summed E-state index contributed by atoms with van der Waals surface area (Å²) in [5.74, 6) is -4.10. The van der Waals surface area contributed by atoms with E-state index in [0.717, 1.165) is 58.0 Å². The van der Waals surface area contributed by atoms with Gasteiger partial charge in [0.25, 0.3) is 0 Å².